The van der Waals surface area contributed by atoms with Crippen LogP contribution in [0.2, 0.25) is 0 Å². The van der Waals surface area contributed by atoms with Gasteiger partial charge in [0.25, 0.3) is 11.1 Å². The monoisotopic (exact) mass is 455 g/mol. The fourth-order valence-corrected chi connectivity index (χ4v) is 3.97. The zero-order valence-electron chi connectivity index (χ0n) is 18.6. The van der Waals surface area contributed by atoms with Crippen LogP contribution in [0.15, 0.2) is 70.5 Å². The molecule has 0 fully saturated rings. The quantitative estimate of drug-likeness (QED) is 0.322. The molecule has 4 aromatic heterocycles. The molecule has 34 heavy (non-hydrogen) atoms. The second kappa shape index (κ2) is 8.43. The van der Waals surface area contributed by atoms with Crippen LogP contribution in [0.3, 0.4) is 0 Å². The van der Waals surface area contributed by atoms with Crippen molar-refractivity contribution in [2.24, 2.45) is 0 Å². The first kappa shape index (κ1) is 21.3. The number of H-pyrrole nitrogens is 1. The van der Waals surface area contributed by atoms with E-state index in [0.717, 1.165) is 5.56 Å². The summed E-state index contributed by atoms with van der Waals surface area (Å²) in [7, 11) is 0. The number of carbonyl (C=O) groups excluding carboxylic acids is 1. The number of nitrogens with one attached hydrogen (secondary N) is 1. The molecule has 0 bridgehead atoms. The van der Waals surface area contributed by atoms with Crippen LogP contribution in [-0.2, 0) is 11.3 Å². The lowest BCUT2D eigenvalue weighted by Crippen LogP contribution is -2.23. The number of aromatic nitrogens is 5. The Hall–Kier alpha value is -4.53. The summed E-state index contributed by atoms with van der Waals surface area (Å²) >= 11 is 0. The van der Waals surface area contributed by atoms with Crippen LogP contribution in [0.5, 0.6) is 0 Å². The Balaban J connectivity index is 1.67. The van der Waals surface area contributed by atoms with Gasteiger partial charge in [0.1, 0.15) is 5.56 Å². The molecule has 0 unspecified atom stereocenters. The van der Waals surface area contributed by atoms with Gasteiger partial charge in [0, 0.05) is 18.1 Å². The molecule has 5 aromatic rings. The predicted molar refractivity (Wildman–Crippen MR) is 127 cm³/mol. The third-order valence-electron chi connectivity index (χ3n) is 5.65. The minimum atomic E-state index is -0.573. The summed E-state index contributed by atoms with van der Waals surface area (Å²) in [6.07, 6.45) is 3.22. The van der Waals surface area contributed by atoms with Gasteiger partial charge in [0.2, 0.25) is 0 Å². The zero-order chi connectivity index (χ0) is 23.8. The number of nitrogens with zero attached hydrogens (tertiary/aromatic N) is 4. The van der Waals surface area contributed by atoms with Crippen LogP contribution in [0.4, 0.5) is 0 Å². The average Bonchev–Trinajstić information content (AvgIpc) is 3.22. The number of fused-ring (bicyclic) bond motifs is 2. The third-order valence-corrected chi connectivity index (χ3v) is 5.65. The van der Waals surface area contributed by atoms with Crippen LogP contribution in [-0.4, -0.2) is 36.9 Å². The van der Waals surface area contributed by atoms with E-state index in [0.29, 0.717) is 28.7 Å². The predicted octanol–water partition coefficient (Wildman–Crippen LogP) is 2.96. The number of pyridine rings is 3. The molecule has 0 aliphatic carbocycles. The fraction of sp³-hybridized carbons (Fsp3) is 0.160. The topological polar surface area (TPSA) is 112 Å². The summed E-state index contributed by atoms with van der Waals surface area (Å²) in [4.78, 5) is 43.6. The van der Waals surface area contributed by atoms with Crippen LogP contribution in [0.25, 0.3) is 27.6 Å². The standard InChI is InChI=1S/C25H21N5O4/c1-3-34-25(33)21-15(2)27-28-22(21)30-12-10-20-18(24(30)32)13-17-19(26-20)9-11-29(23(17)31)14-16-7-5-4-6-8-16/h4-13H,3,14H2,1-2H3,(H,27,28). The average molecular weight is 455 g/mol. The van der Waals surface area contributed by atoms with E-state index in [1.807, 2.05) is 30.3 Å². The minimum Gasteiger partial charge on any atom is -0.462 e. The highest BCUT2D eigenvalue weighted by molar-refractivity contribution is 5.95. The number of carbonyl (C=O) groups is 1. The molecule has 0 spiro atoms. The molecule has 9 nitrogen and oxygen atoms in total. The Morgan fingerprint density at radius 1 is 1.00 bits per heavy atom. The normalized spacial score (nSPS) is 11.2. The first-order valence-corrected chi connectivity index (χ1v) is 10.8. The maximum atomic E-state index is 13.4. The molecule has 0 saturated heterocycles. The summed E-state index contributed by atoms with van der Waals surface area (Å²) in [6, 6.07) is 14.6. The zero-order valence-corrected chi connectivity index (χ0v) is 18.6. The highest BCUT2D eigenvalue weighted by atomic mass is 16.5. The molecular weight excluding hydrogens is 434 g/mol. The van der Waals surface area contributed by atoms with E-state index in [4.69, 9.17) is 4.74 Å². The van der Waals surface area contributed by atoms with Crippen LogP contribution < -0.4 is 11.1 Å². The van der Waals surface area contributed by atoms with E-state index in [1.165, 1.54) is 10.8 Å². The molecule has 4 heterocycles. The van der Waals surface area contributed by atoms with Gasteiger partial charge < -0.3 is 9.30 Å². The van der Waals surface area contributed by atoms with E-state index >= 15 is 0 Å². The third kappa shape index (κ3) is 3.57. The Labute approximate surface area is 193 Å². The van der Waals surface area contributed by atoms with Crippen molar-refractivity contribution in [2.45, 2.75) is 20.4 Å². The van der Waals surface area contributed by atoms with Gasteiger partial charge in [0.05, 0.1) is 35.0 Å². The fourth-order valence-electron chi connectivity index (χ4n) is 3.97. The van der Waals surface area contributed by atoms with Gasteiger partial charge in [-0.05, 0) is 37.6 Å². The number of benzene rings is 1. The number of aryl methyl sites for hydroxylation is 1. The number of aromatic amines is 1. The molecule has 9 heteroatoms. The van der Waals surface area contributed by atoms with Crippen molar-refractivity contribution >= 4 is 27.8 Å². The highest BCUT2D eigenvalue weighted by Gasteiger charge is 2.22. The maximum absolute atomic E-state index is 13.4. The van der Waals surface area contributed by atoms with Crippen LogP contribution in [0, 0.1) is 6.92 Å². The Morgan fingerprint density at radius 3 is 2.44 bits per heavy atom. The maximum Gasteiger partial charge on any atom is 0.343 e. The number of rotatable bonds is 5. The molecule has 0 amide bonds. The SMILES string of the molecule is CCOC(=O)c1c(-n2ccc3nc4ccn(Cc5ccccc5)c(=O)c4cc3c2=O)n[nH]c1C. The van der Waals surface area contributed by atoms with Crippen molar-refractivity contribution in [1.29, 1.82) is 0 Å². The van der Waals surface area contributed by atoms with Crippen molar-refractivity contribution in [3.63, 3.8) is 0 Å². The molecule has 1 aromatic carbocycles. The van der Waals surface area contributed by atoms with Gasteiger partial charge in [0.15, 0.2) is 5.82 Å². The van der Waals surface area contributed by atoms with Gasteiger partial charge in [-0.15, -0.1) is 0 Å². The van der Waals surface area contributed by atoms with E-state index in [1.54, 1.807) is 42.8 Å². The number of hydrogen-bond acceptors (Lipinski definition) is 6. The van der Waals surface area contributed by atoms with E-state index in [-0.39, 0.29) is 28.9 Å². The molecule has 0 radical (unpaired) electrons. The van der Waals surface area contributed by atoms with E-state index in [9.17, 15) is 14.4 Å². The minimum absolute atomic E-state index is 0.137. The smallest absolute Gasteiger partial charge is 0.343 e. The first-order chi connectivity index (χ1) is 16.5. The molecule has 0 atom stereocenters. The van der Waals surface area contributed by atoms with Gasteiger partial charge in [-0.25, -0.2) is 9.78 Å². The second-order valence-corrected chi connectivity index (χ2v) is 7.85. The van der Waals surface area contributed by atoms with Crippen LogP contribution >= 0.6 is 0 Å². The highest BCUT2D eigenvalue weighted by Crippen LogP contribution is 2.19. The van der Waals surface area contributed by atoms with Crippen molar-refractivity contribution in [1.82, 2.24) is 24.3 Å². The summed E-state index contributed by atoms with van der Waals surface area (Å²) in [6.45, 7) is 3.98. The molecule has 0 aliphatic heterocycles. The van der Waals surface area contributed by atoms with Gasteiger partial charge in [-0.2, -0.15) is 5.10 Å². The molecular formula is C25H21N5O4. The van der Waals surface area contributed by atoms with E-state index < -0.39 is 11.5 Å². The number of esters is 1. The molecule has 1 N–H and O–H groups in total. The summed E-state index contributed by atoms with van der Waals surface area (Å²) < 4.78 is 7.97. The largest absolute Gasteiger partial charge is 0.462 e. The lowest BCUT2D eigenvalue weighted by atomic mass is 10.1. The van der Waals surface area contributed by atoms with Crippen molar-refractivity contribution in [2.75, 3.05) is 6.61 Å². The molecule has 5 rings (SSSR count). The Kier molecular flexibility index (Phi) is 5.29. The Bertz CT molecular complexity index is 1660. The Morgan fingerprint density at radius 2 is 1.71 bits per heavy atom. The lowest BCUT2D eigenvalue weighted by Gasteiger charge is -2.10. The van der Waals surface area contributed by atoms with E-state index in [2.05, 4.69) is 15.2 Å². The summed E-state index contributed by atoms with van der Waals surface area (Å²) in [5.74, 6) is -0.436. The van der Waals surface area contributed by atoms with Crippen molar-refractivity contribution in [3.05, 3.63) is 98.5 Å². The van der Waals surface area contributed by atoms with Gasteiger partial charge in [-0.1, -0.05) is 30.3 Å². The van der Waals surface area contributed by atoms with Gasteiger partial charge >= 0.3 is 5.97 Å². The second-order valence-electron chi connectivity index (χ2n) is 7.85. The van der Waals surface area contributed by atoms with Crippen molar-refractivity contribution < 1.29 is 9.53 Å². The molecule has 170 valence electrons. The molecule has 0 aliphatic rings. The van der Waals surface area contributed by atoms with Crippen LogP contribution in [0.1, 0.15) is 28.5 Å². The lowest BCUT2D eigenvalue weighted by molar-refractivity contribution is 0.0525. The summed E-state index contributed by atoms with van der Waals surface area (Å²) in [5.41, 5.74) is 1.92. The first-order valence-electron chi connectivity index (χ1n) is 10.8. The van der Waals surface area contributed by atoms with Gasteiger partial charge in [-0.3, -0.25) is 19.3 Å². The van der Waals surface area contributed by atoms with Crippen molar-refractivity contribution in [3.8, 4) is 5.82 Å². The number of ether oxygens (including phenoxy) is 1. The molecule has 0 saturated carbocycles. The summed E-state index contributed by atoms with van der Waals surface area (Å²) in [5, 5.41) is 7.48. The number of hydrogen-bond donors (Lipinski definition) is 1.